The quantitative estimate of drug-likeness (QED) is 0.748. The standard InChI is InChI=1S/C20H26N4O3/c1-2-15-7-3-6-10-18(15)27-14-20(26)23-17-11-21-24(12-17)13-19(25)22-16-8-4-5-9-16/h3,6-7,10-12,16H,2,4-5,8-9,13-14H2,1H3,(H,22,25)(H,23,26). The normalized spacial score (nSPS) is 14.1. The molecule has 0 aliphatic heterocycles. The van der Waals surface area contributed by atoms with Crippen molar-refractivity contribution in [3.8, 4) is 5.75 Å². The summed E-state index contributed by atoms with van der Waals surface area (Å²) in [6.45, 7) is 2.11. The molecule has 1 fully saturated rings. The molecule has 2 amide bonds. The predicted octanol–water partition coefficient (Wildman–Crippen LogP) is 2.52. The summed E-state index contributed by atoms with van der Waals surface area (Å²) in [5, 5.41) is 9.89. The summed E-state index contributed by atoms with van der Waals surface area (Å²) in [5.74, 6) is 0.396. The Morgan fingerprint density at radius 3 is 2.78 bits per heavy atom. The molecule has 0 unspecified atom stereocenters. The average molecular weight is 370 g/mol. The minimum atomic E-state index is -0.268. The predicted molar refractivity (Wildman–Crippen MR) is 103 cm³/mol. The van der Waals surface area contributed by atoms with Crippen LogP contribution in [-0.4, -0.2) is 34.2 Å². The molecular weight excluding hydrogens is 344 g/mol. The van der Waals surface area contributed by atoms with Gasteiger partial charge < -0.3 is 15.4 Å². The van der Waals surface area contributed by atoms with E-state index in [0.717, 1.165) is 30.6 Å². The van der Waals surface area contributed by atoms with Gasteiger partial charge >= 0.3 is 0 Å². The van der Waals surface area contributed by atoms with Crippen LogP contribution in [0.4, 0.5) is 5.69 Å². The van der Waals surface area contributed by atoms with Crippen molar-refractivity contribution in [2.75, 3.05) is 11.9 Å². The van der Waals surface area contributed by atoms with Crippen LogP contribution in [0.5, 0.6) is 5.75 Å². The number of amides is 2. The lowest BCUT2D eigenvalue weighted by Gasteiger charge is -2.11. The highest BCUT2D eigenvalue weighted by atomic mass is 16.5. The number of nitrogens with zero attached hydrogens (tertiary/aromatic N) is 2. The summed E-state index contributed by atoms with van der Waals surface area (Å²) in [6, 6.07) is 7.95. The number of rotatable bonds is 8. The van der Waals surface area contributed by atoms with Crippen LogP contribution in [-0.2, 0) is 22.6 Å². The van der Waals surface area contributed by atoms with E-state index in [9.17, 15) is 9.59 Å². The van der Waals surface area contributed by atoms with Crippen LogP contribution in [0, 0.1) is 0 Å². The van der Waals surface area contributed by atoms with Gasteiger partial charge in [-0.25, -0.2) is 0 Å². The summed E-state index contributed by atoms with van der Waals surface area (Å²) in [7, 11) is 0. The molecule has 7 heteroatoms. The van der Waals surface area contributed by atoms with E-state index in [2.05, 4.69) is 15.7 Å². The van der Waals surface area contributed by atoms with Crippen molar-refractivity contribution in [3.05, 3.63) is 42.2 Å². The maximum Gasteiger partial charge on any atom is 0.262 e. The van der Waals surface area contributed by atoms with Gasteiger partial charge in [0.1, 0.15) is 12.3 Å². The zero-order chi connectivity index (χ0) is 19.1. The third-order valence-electron chi connectivity index (χ3n) is 4.66. The van der Waals surface area contributed by atoms with E-state index < -0.39 is 0 Å². The number of aromatic nitrogens is 2. The van der Waals surface area contributed by atoms with E-state index in [1.165, 1.54) is 23.7 Å². The maximum absolute atomic E-state index is 12.1. The van der Waals surface area contributed by atoms with Crippen molar-refractivity contribution in [3.63, 3.8) is 0 Å². The second-order valence-corrected chi connectivity index (χ2v) is 6.77. The molecule has 1 aromatic heterocycles. The zero-order valence-electron chi connectivity index (χ0n) is 15.6. The number of benzene rings is 1. The number of ether oxygens (including phenoxy) is 1. The average Bonchev–Trinajstić information content (AvgIpc) is 3.32. The highest BCUT2D eigenvalue weighted by molar-refractivity contribution is 5.91. The smallest absolute Gasteiger partial charge is 0.262 e. The Kier molecular flexibility index (Phi) is 6.46. The van der Waals surface area contributed by atoms with E-state index in [0.29, 0.717) is 5.69 Å². The molecule has 7 nitrogen and oxygen atoms in total. The first-order chi connectivity index (χ1) is 13.1. The molecule has 0 spiro atoms. The monoisotopic (exact) mass is 370 g/mol. The van der Waals surface area contributed by atoms with Crippen LogP contribution >= 0.6 is 0 Å². The fourth-order valence-corrected chi connectivity index (χ4v) is 3.28. The highest BCUT2D eigenvalue weighted by Gasteiger charge is 2.17. The van der Waals surface area contributed by atoms with Crippen molar-refractivity contribution in [2.24, 2.45) is 0 Å². The molecule has 2 aromatic rings. The van der Waals surface area contributed by atoms with Gasteiger partial charge in [-0.15, -0.1) is 0 Å². The van der Waals surface area contributed by atoms with E-state index >= 15 is 0 Å². The van der Waals surface area contributed by atoms with Gasteiger partial charge in [0.25, 0.3) is 5.91 Å². The minimum Gasteiger partial charge on any atom is -0.483 e. The molecule has 144 valence electrons. The Balaban J connectivity index is 1.45. The second kappa shape index (κ2) is 9.21. The van der Waals surface area contributed by atoms with Crippen molar-refractivity contribution in [1.29, 1.82) is 0 Å². The van der Waals surface area contributed by atoms with Crippen LogP contribution in [0.2, 0.25) is 0 Å². The molecule has 1 heterocycles. The minimum absolute atomic E-state index is 0.0533. The van der Waals surface area contributed by atoms with Gasteiger partial charge in [-0.2, -0.15) is 5.10 Å². The fourth-order valence-electron chi connectivity index (χ4n) is 3.28. The van der Waals surface area contributed by atoms with Gasteiger partial charge in [-0.1, -0.05) is 38.0 Å². The molecule has 0 atom stereocenters. The molecule has 2 N–H and O–H groups in total. The first-order valence-electron chi connectivity index (χ1n) is 9.46. The summed E-state index contributed by atoms with van der Waals surface area (Å²) in [6.07, 6.45) is 8.46. The van der Waals surface area contributed by atoms with Gasteiger partial charge in [0.05, 0.1) is 11.9 Å². The first-order valence-corrected chi connectivity index (χ1v) is 9.46. The van der Waals surface area contributed by atoms with Crippen molar-refractivity contribution in [1.82, 2.24) is 15.1 Å². The summed E-state index contributed by atoms with van der Waals surface area (Å²) < 4.78 is 7.13. The largest absolute Gasteiger partial charge is 0.483 e. The number of hydrogen-bond acceptors (Lipinski definition) is 4. The Bertz CT molecular complexity index is 781. The summed E-state index contributed by atoms with van der Waals surface area (Å²) in [5.41, 5.74) is 1.60. The van der Waals surface area contributed by atoms with Crippen molar-refractivity contribution >= 4 is 17.5 Å². The number of aryl methyl sites for hydroxylation is 1. The summed E-state index contributed by atoms with van der Waals surface area (Å²) in [4.78, 5) is 24.1. The number of para-hydroxylation sites is 1. The topological polar surface area (TPSA) is 85.2 Å². The number of nitrogens with one attached hydrogen (secondary N) is 2. The Labute approximate surface area is 159 Å². The molecule has 0 radical (unpaired) electrons. The van der Waals surface area contributed by atoms with Gasteiger partial charge in [0, 0.05) is 12.2 Å². The van der Waals surface area contributed by atoms with E-state index in [1.807, 2.05) is 31.2 Å². The zero-order valence-corrected chi connectivity index (χ0v) is 15.6. The maximum atomic E-state index is 12.1. The Morgan fingerprint density at radius 2 is 2.00 bits per heavy atom. The van der Waals surface area contributed by atoms with Gasteiger partial charge in [0.2, 0.25) is 5.91 Å². The van der Waals surface area contributed by atoms with Crippen LogP contribution in [0.15, 0.2) is 36.7 Å². The van der Waals surface area contributed by atoms with Crippen LogP contribution < -0.4 is 15.4 Å². The van der Waals surface area contributed by atoms with E-state index in [4.69, 9.17) is 4.74 Å². The number of carbonyl (C=O) groups is 2. The molecular formula is C20H26N4O3. The molecule has 1 saturated carbocycles. The van der Waals surface area contributed by atoms with Gasteiger partial charge in [-0.3, -0.25) is 14.3 Å². The third-order valence-corrected chi connectivity index (χ3v) is 4.66. The lowest BCUT2D eigenvalue weighted by molar-refractivity contribution is -0.122. The summed E-state index contributed by atoms with van der Waals surface area (Å²) >= 11 is 0. The van der Waals surface area contributed by atoms with Crippen LogP contribution in [0.3, 0.4) is 0 Å². The lowest BCUT2D eigenvalue weighted by atomic mass is 10.1. The van der Waals surface area contributed by atoms with E-state index in [1.54, 1.807) is 6.20 Å². The fraction of sp³-hybridized carbons (Fsp3) is 0.450. The lowest BCUT2D eigenvalue weighted by Crippen LogP contribution is -2.35. The first kappa shape index (κ1) is 18.9. The van der Waals surface area contributed by atoms with E-state index in [-0.39, 0.29) is 31.0 Å². The van der Waals surface area contributed by atoms with Crippen molar-refractivity contribution < 1.29 is 14.3 Å². The van der Waals surface area contributed by atoms with Gasteiger partial charge in [0.15, 0.2) is 6.61 Å². The van der Waals surface area contributed by atoms with Crippen molar-refractivity contribution in [2.45, 2.75) is 51.6 Å². The van der Waals surface area contributed by atoms with Gasteiger partial charge in [-0.05, 0) is 30.9 Å². The second-order valence-electron chi connectivity index (χ2n) is 6.77. The number of anilines is 1. The Morgan fingerprint density at radius 1 is 1.22 bits per heavy atom. The Hall–Kier alpha value is -2.83. The SMILES string of the molecule is CCc1ccccc1OCC(=O)Nc1cnn(CC(=O)NC2CCCC2)c1. The van der Waals surface area contributed by atoms with Crippen LogP contribution in [0.1, 0.15) is 38.2 Å². The number of hydrogen-bond donors (Lipinski definition) is 2. The molecule has 27 heavy (non-hydrogen) atoms. The molecule has 1 aliphatic carbocycles. The van der Waals surface area contributed by atoms with Crippen LogP contribution in [0.25, 0.3) is 0 Å². The molecule has 1 aromatic carbocycles. The number of carbonyl (C=O) groups excluding carboxylic acids is 2. The molecule has 0 saturated heterocycles. The molecule has 1 aliphatic rings. The molecule has 0 bridgehead atoms. The highest BCUT2D eigenvalue weighted by Crippen LogP contribution is 2.18. The third kappa shape index (κ3) is 5.57. The molecule has 3 rings (SSSR count).